The summed E-state index contributed by atoms with van der Waals surface area (Å²) in [5, 5.41) is 1.73. The lowest BCUT2D eigenvalue weighted by Gasteiger charge is -2.17. The Labute approximate surface area is 113 Å². The van der Waals surface area contributed by atoms with Gasteiger partial charge in [0.2, 0.25) is 7.01 Å². The fourth-order valence-corrected chi connectivity index (χ4v) is 3.67. The van der Waals surface area contributed by atoms with Crippen molar-refractivity contribution in [1.29, 1.82) is 0 Å². The molecule has 3 nitrogen and oxygen atoms in total. The molecule has 90 valence electrons. The summed E-state index contributed by atoms with van der Waals surface area (Å²) < 4.78 is 23.6. The topological polar surface area (TPSA) is 37.4 Å². The summed E-state index contributed by atoms with van der Waals surface area (Å²) in [6, 6.07) is 11.1. The van der Waals surface area contributed by atoms with Gasteiger partial charge >= 0.3 is 0 Å². The summed E-state index contributed by atoms with van der Waals surface area (Å²) in [7, 11) is 0.574. The van der Waals surface area contributed by atoms with E-state index in [4.69, 9.17) is 0 Å². The minimum absolute atomic E-state index is 0.375. The van der Waals surface area contributed by atoms with Gasteiger partial charge in [0, 0.05) is 25.2 Å². The van der Waals surface area contributed by atoms with Crippen molar-refractivity contribution < 1.29 is 8.42 Å². The molecule has 0 aliphatic heterocycles. The highest BCUT2D eigenvalue weighted by Gasteiger charge is 2.16. The number of rotatable bonds is 2. The fraction of sp³-hybridized carbons (Fsp3) is 0.167. The number of benzene rings is 2. The van der Waals surface area contributed by atoms with Gasteiger partial charge in [0.05, 0.1) is 26.1 Å². The third kappa shape index (κ3) is 2.40. The molecule has 0 aliphatic carbocycles. The summed E-state index contributed by atoms with van der Waals surface area (Å²) in [6.45, 7) is 0. The Bertz CT molecular complexity index is 660. The summed E-state index contributed by atoms with van der Waals surface area (Å²) in [5.74, 6) is 0. The summed E-state index contributed by atoms with van der Waals surface area (Å²) >= 11 is 1.48. The van der Waals surface area contributed by atoms with E-state index in [0.717, 1.165) is 16.5 Å². The van der Waals surface area contributed by atoms with Crippen LogP contribution in [0.4, 0.5) is 5.69 Å². The Hall–Kier alpha value is -0.820. The Morgan fingerprint density at radius 1 is 1.06 bits per heavy atom. The number of halogens is 1. The van der Waals surface area contributed by atoms with E-state index in [2.05, 4.69) is 0 Å². The second kappa shape index (κ2) is 4.45. The van der Waals surface area contributed by atoms with E-state index >= 15 is 0 Å². The molecule has 0 saturated carbocycles. The molecule has 0 aromatic heterocycles. The largest absolute Gasteiger partial charge is 0.377 e. The molecular formula is C12H12INO2S. The van der Waals surface area contributed by atoms with Crippen LogP contribution in [-0.2, 0) is 7.01 Å². The monoisotopic (exact) mass is 361 g/mol. The van der Waals surface area contributed by atoms with Crippen LogP contribution in [0.25, 0.3) is 10.8 Å². The van der Waals surface area contributed by atoms with E-state index in [0.29, 0.717) is 4.90 Å². The molecule has 2 aromatic rings. The lowest BCUT2D eigenvalue weighted by atomic mass is 10.1. The van der Waals surface area contributed by atoms with E-state index in [1.807, 2.05) is 43.3 Å². The van der Waals surface area contributed by atoms with E-state index in [-0.39, 0.29) is 0 Å². The molecule has 0 fully saturated rings. The zero-order valence-electron chi connectivity index (χ0n) is 9.51. The first-order valence-electron chi connectivity index (χ1n) is 5.05. The molecular weight excluding hydrogens is 349 g/mol. The molecule has 0 amide bonds. The molecule has 5 heteroatoms. The molecule has 0 heterocycles. The lowest BCUT2D eigenvalue weighted by Crippen LogP contribution is -2.10. The van der Waals surface area contributed by atoms with E-state index in [9.17, 15) is 8.42 Å². The molecule has 2 aromatic carbocycles. The van der Waals surface area contributed by atoms with Crippen molar-refractivity contribution in [2.24, 2.45) is 0 Å². The number of hydrogen-bond donors (Lipinski definition) is 0. The van der Waals surface area contributed by atoms with E-state index in [1.54, 1.807) is 12.1 Å². The fourth-order valence-electron chi connectivity index (χ4n) is 1.86. The van der Waals surface area contributed by atoms with Gasteiger partial charge in [0.1, 0.15) is 0 Å². The third-order valence-electron chi connectivity index (χ3n) is 2.59. The van der Waals surface area contributed by atoms with Crippen LogP contribution in [0.1, 0.15) is 0 Å². The molecule has 0 aliphatic rings. The summed E-state index contributed by atoms with van der Waals surface area (Å²) in [5.41, 5.74) is 0.915. The van der Waals surface area contributed by atoms with Gasteiger partial charge in [-0.3, -0.25) is 0 Å². The van der Waals surface area contributed by atoms with Crippen LogP contribution >= 0.6 is 21.2 Å². The number of fused-ring (bicyclic) bond motifs is 1. The van der Waals surface area contributed by atoms with Crippen LogP contribution in [0.2, 0.25) is 0 Å². The second-order valence-corrected chi connectivity index (χ2v) is 8.76. The first kappa shape index (κ1) is 12.6. The van der Waals surface area contributed by atoms with Gasteiger partial charge in [-0.05, 0) is 17.5 Å². The third-order valence-corrected chi connectivity index (χ3v) is 4.88. The predicted octanol–water partition coefficient (Wildman–Crippen LogP) is 3.03. The van der Waals surface area contributed by atoms with Gasteiger partial charge in [-0.1, -0.05) is 24.3 Å². The molecule has 0 unspecified atom stereocenters. The molecule has 0 spiro atoms. The smallest absolute Gasteiger partial charge is 0.231 e. The highest BCUT2D eigenvalue weighted by Crippen LogP contribution is 2.33. The van der Waals surface area contributed by atoms with Crippen LogP contribution in [-0.4, -0.2) is 22.5 Å². The normalized spacial score (nSPS) is 11.7. The maximum atomic E-state index is 11.8. The maximum Gasteiger partial charge on any atom is 0.231 e. The summed E-state index contributed by atoms with van der Waals surface area (Å²) in [6.07, 6.45) is 0. The molecule has 0 saturated heterocycles. The van der Waals surface area contributed by atoms with Crippen LogP contribution in [0, 0.1) is 0 Å². The van der Waals surface area contributed by atoms with Crippen molar-refractivity contribution >= 4 is 44.7 Å². The summed E-state index contributed by atoms with van der Waals surface area (Å²) in [4.78, 5) is 2.30. The van der Waals surface area contributed by atoms with Crippen molar-refractivity contribution in [2.75, 3.05) is 19.0 Å². The quantitative estimate of drug-likeness (QED) is 0.610. The minimum Gasteiger partial charge on any atom is -0.377 e. The van der Waals surface area contributed by atoms with Gasteiger partial charge in [0.15, 0.2) is 0 Å². The molecule has 0 radical (unpaired) electrons. The Morgan fingerprint density at radius 3 is 2.18 bits per heavy atom. The van der Waals surface area contributed by atoms with E-state index in [1.165, 1.54) is 21.2 Å². The van der Waals surface area contributed by atoms with Crippen molar-refractivity contribution in [3.05, 3.63) is 36.4 Å². The Morgan fingerprint density at radius 2 is 1.65 bits per heavy atom. The molecule has 2 rings (SSSR count). The van der Waals surface area contributed by atoms with Crippen LogP contribution in [0.15, 0.2) is 41.3 Å². The second-order valence-electron chi connectivity index (χ2n) is 3.96. The zero-order valence-corrected chi connectivity index (χ0v) is 12.5. The van der Waals surface area contributed by atoms with Gasteiger partial charge in [-0.15, -0.1) is 0 Å². The number of nitrogens with zero attached hydrogens (tertiary/aromatic N) is 1. The first-order valence-corrected chi connectivity index (χ1v) is 9.07. The van der Waals surface area contributed by atoms with Crippen molar-refractivity contribution in [3.63, 3.8) is 0 Å². The van der Waals surface area contributed by atoms with Gasteiger partial charge in [-0.25, -0.2) is 8.42 Å². The van der Waals surface area contributed by atoms with Crippen LogP contribution < -0.4 is 4.90 Å². The standard InChI is InChI=1S/C12H12INO2S/c1-14(2)10-7-3-5-9-6-4-8-11(12(9)10)17(13,15)16/h3-8H,1-2H3. The lowest BCUT2D eigenvalue weighted by molar-refractivity contribution is 0.613. The highest BCUT2D eigenvalue weighted by molar-refractivity contribution is 14.2. The van der Waals surface area contributed by atoms with Gasteiger partial charge < -0.3 is 4.90 Å². The SMILES string of the molecule is CN(C)c1cccc2cccc(S(=O)(=O)I)c12. The maximum absolute atomic E-state index is 11.8. The van der Waals surface area contributed by atoms with Crippen LogP contribution in [0.3, 0.4) is 0 Å². The number of hydrogen-bond acceptors (Lipinski definition) is 3. The Balaban J connectivity index is 2.96. The highest BCUT2D eigenvalue weighted by atomic mass is 127. The molecule has 17 heavy (non-hydrogen) atoms. The molecule has 0 N–H and O–H groups in total. The first-order chi connectivity index (χ1) is 7.91. The van der Waals surface area contributed by atoms with Gasteiger partial charge in [-0.2, -0.15) is 0 Å². The molecule has 0 bridgehead atoms. The predicted molar refractivity (Wildman–Crippen MR) is 79.5 cm³/mol. The Kier molecular flexibility index (Phi) is 3.31. The average molecular weight is 361 g/mol. The zero-order chi connectivity index (χ0) is 12.6. The number of anilines is 1. The van der Waals surface area contributed by atoms with E-state index < -0.39 is 7.01 Å². The average Bonchev–Trinajstić information content (AvgIpc) is 2.26. The van der Waals surface area contributed by atoms with Crippen LogP contribution in [0.5, 0.6) is 0 Å². The van der Waals surface area contributed by atoms with Crippen molar-refractivity contribution in [1.82, 2.24) is 0 Å². The molecule has 0 atom stereocenters. The van der Waals surface area contributed by atoms with Gasteiger partial charge in [0.25, 0.3) is 0 Å². The minimum atomic E-state index is -3.24. The van der Waals surface area contributed by atoms with Crippen molar-refractivity contribution in [2.45, 2.75) is 4.90 Å². The van der Waals surface area contributed by atoms with Crippen molar-refractivity contribution in [3.8, 4) is 0 Å².